The highest BCUT2D eigenvalue weighted by Gasteiger charge is 2.27. The highest BCUT2D eigenvalue weighted by molar-refractivity contribution is 5.38. The van der Waals surface area contributed by atoms with E-state index < -0.39 is 0 Å². The molecule has 0 radical (unpaired) electrons. The minimum Gasteiger partial charge on any atom is -0.354 e. The van der Waals surface area contributed by atoms with Gasteiger partial charge in [0.05, 0.1) is 0 Å². The first kappa shape index (κ1) is 16.7. The van der Waals surface area contributed by atoms with Crippen LogP contribution in [0.5, 0.6) is 0 Å². The standard InChI is InChI=1S/C19H32N4/c1-17(2)6-10-21-11-7-18(8-12-21)22-13-15-23(16-14-22)19-5-3-4-9-20-19/h3-5,9,17-18H,6-8,10-16H2,1-2H3. The second-order valence-electron chi connectivity index (χ2n) is 7.47. The topological polar surface area (TPSA) is 22.6 Å². The van der Waals surface area contributed by atoms with Gasteiger partial charge in [-0.05, 0) is 56.9 Å². The number of piperazine rings is 1. The first-order chi connectivity index (χ1) is 11.2. The summed E-state index contributed by atoms with van der Waals surface area (Å²) in [5.74, 6) is 1.96. The summed E-state index contributed by atoms with van der Waals surface area (Å²) in [5, 5.41) is 0. The van der Waals surface area contributed by atoms with Crippen molar-refractivity contribution in [3.63, 3.8) is 0 Å². The summed E-state index contributed by atoms with van der Waals surface area (Å²) in [6.07, 6.45) is 5.94. The largest absolute Gasteiger partial charge is 0.354 e. The van der Waals surface area contributed by atoms with Crippen molar-refractivity contribution in [2.75, 3.05) is 50.7 Å². The van der Waals surface area contributed by atoms with Crippen LogP contribution in [0.3, 0.4) is 0 Å². The zero-order valence-electron chi connectivity index (χ0n) is 14.8. The van der Waals surface area contributed by atoms with Crippen LogP contribution in [0.25, 0.3) is 0 Å². The van der Waals surface area contributed by atoms with Gasteiger partial charge < -0.3 is 9.80 Å². The van der Waals surface area contributed by atoms with Gasteiger partial charge in [-0.1, -0.05) is 19.9 Å². The lowest BCUT2D eigenvalue weighted by molar-refractivity contribution is 0.101. The lowest BCUT2D eigenvalue weighted by Crippen LogP contribution is -2.53. The van der Waals surface area contributed by atoms with Crippen LogP contribution in [0.4, 0.5) is 5.82 Å². The predicted octanol–water partition coefficient (Wildman–Crippen LogP) is 2.71. The van der Waals surface area contributed by atoms with Gasteiger partial charge in [-0.25, -0.2) is 4.98 Å². The second-order valence-corrected chi connectivity index (χ2v) is 7.47. The molecule has 0 saturated carbocycles. The maximum absolute atomic E-state index is 4.49. The molecule has 0 N–H and O–H groups in total. The van der Waals surface area contributed by atoms with Crippen LogP contribution in [0, 0.1) is 5.92 Å². The van der Waals surface area contributed by atoms with E-state index >= 15 is 0 Å². The Morgan fingerprint density at radius 1 is 1.04 bits per heavy atom. The molecular formula is C19H32N4. The zero-order chi connectivity index (χ0) is 16.1. The fraction of sp³-hybridized carbons (Fsp3) is 0.737. The van der Waals surface area contributed by atoms with E-state index in [-0.39, 0.29) is 0 Å². The summed E-state index contributed by atoms with van der Waals surface area (Å²) in [6.45, 7) is 13.1. The molecule has 4 nitrogen and oxygen atoms in total. The van der Waals surface area contributed by atoms with Crippen molar-refractivity contribution in [1.82, 2.24) is 14.8 Å². The summed E-state index contributed by atoms with van der Waals surface area (Å²) in [4.78, 5) is 12.3. The molecule has 1 aromatic rings. The third-order valence-corrected chi connectivity index (χ3v) is 5.38. The molecule has 2 fully saturated rings. The van der Waals surface area contributed by atoms with E-state index in [2.05, 4.69) is 45.7 Å². The molecule has 0 atom stereocenters. The molecule has 2 saturated heterocycles. The van der Waals surface area contributed by atoms with Crippen molar-refractivity contribution < 1.29 is 0 Å². The fourth-order valence-corrected chi connectivity index (χ4v) is 3.81. The highest BCUT2D eigenvalue weighted by Crippen LogP contribution is 2.20. The van der Waals surface area contributed by atoms with Gasteiger partial charge in [-0.2, -0.15) is 0 Å². The lowest BCUT2D eigenvalue weighted by Gasteiger charge is -2.43. The molecule has 3 heterocycles. The van der Waals surface area contributed by atoms with Crippen molar-refractivity contribution in [3.05, 3.63) is 24.4 Å². The monoisotopic (exact) mass is 316 g/mol. The van der Waals surface area contributed by atoms with E-state index in [1.807, 2.05) is 12.3 Å². The van der Waals surface area contributed by atoms with Gasteiger partial charge in [0.2, 0.25) is 0 Å². The zero-order valence-corrected chi connectivity index (χ0v) is 14.8. The highest BCUT2D eigenvalue weighted by atomic mass is 15.3. The van der Waals surface area contributed by atoms with Crippen LogP contribution < -0.4 is 4.90 Å². The van der Waals surface area contributed by atoms with Gasteiger partial charge in [0.15, 0.2) is 0 Å². The van der Waals surface area contributed by atoms with Gasteiger partial charge in [0, 0.05) is 38.4 Å². The number of aromatic nitrogens is 1. The van der Waals surface area contributed by atoms with E-state index in [1.165, 1.54) is 52.0 Å². The molecule has 2 aliphatic heterocycles. The summed E-state index contributed by atoms with van der Waals surface area (Å²) in [5.41, 5.74) is 0. The summed E-state index contributed by atoms with van der Waals surface area (Å²) < 4.78 is 0. The van der Waals surface area contributed by atoms with Crippen LogP contribution in [-0.4, -0.2) is 66.6 Å². The first-order valence-corrected chi connectivity index (χ1v) is 9.35. The molecule has 128 valence electrons. The third-order valence-electron chi connectivity index (χ3n) is 5.38. The molecule has 1 aromatic heterocycles. The maximum Gasteiger partial charge on any atom is 0.128 e. The Morgan fingerprint density at radius 3 is 2.39 bits per heavy atom. The minimum absolute atomic E-state index is 0.802. The molecule has 23 heavy (non-hydrogen) atoms. The molecule has 0 bridgehead atoms. The Hall–Kier alpha value is -1.13. The number of piperidine rings is 1. The Kier molecular flexibility index (Phi) is 5.90. The second kappa shape index (κ2) is 8.11. The van der Waals surface area contributed by atoms with Crippen LogP contribution in [0.1, 0.15) is 33.1 Å². The van der Waals surface area contributed by atoms with Gasteiger partial charge in [-0.15, -0.1) is 0 Å². The van der Waals surface area contributed by atoms with E-state index in [0.29, 0.717) is 0 Å². The Labute approximate surface area is 141 Å². The lowest BCUT2D eigenvalue weighted by atomic mass is 10.0. The van der Waals surface area contributed by atoms with Crippen molar-refractivity contribution in [2.24, 2.45) is 5.92 Å². The van der Waals surface area contributed by atoms with Crippen LogP contribution in [0.15, 0.2) is 24.4 Å². The number of anilines is 1. The number of hydrogen-bond donors (Lipinski definition) is 0. The van der Waals surface area contributed by atoms with Gasteiger partial charge >= 0.3 is 0 Å². The minimum atomic E-state index is 0.802. The van der Waals surface area contributed by atoms with Crippen molar-refractivity contribution >= 4 is 5.82 Å². The number of hydrogen-bond acceptors (Lipinski definition) is 4. The molecular weight excluding hydrogens is 284 g/mol. The average Bonchev–Trinajstić information content (AvgIpc) is 2.61. The van der Waals surface area contributed by atoms with Gasteiger partial charge in [-0.3, -0.25) is 4.90 Å². The van der Waals surface area contributed by atoms with E-state index in [0.717, 1.165) is 30.9 Å². The SMILES string of the molecule is CC(C)CCN1CCC(N2CCN(c3ccccn3)CC2)CC1. The molecule has 0 amide bonds. The predicted molar refractivity (Wildman–Crippen MR) is 96.9 cm³/mol. The van der Waals surface area contributed by atoms with Crippen LogP contribution in [-0.2, 0) is 0 Å². The summed E-state index contributed by atoms with van der Waals surface area (Å²) in [7, 11) is 0. The Bertz CT molecular complexity index is 446. The van der Waals surface area contributed by atoms with Crippen molar-refractivity contribution in [1.29, 1.82) is 0 Å². The fourth-order valence-electron chi connectivity index (χ4n) is 3.81. The number of nitrogens with zero attached hydrogens (tertiary/aromatic N) is 4. The van der Waals surface area contributed by atoms with Crippen molar-refractivity contribution in [2.45, 2.75) is 39.2 Å². The molecule has 2 aliphatic rings. The number of likely N-dealkylation sites (tertiary alicyclic amines) is 1. The van der Waals surface area contributed by atoms with Crippen molar-refractivity contribution in [3.8, 4) is 0 Å². The van der Waals surface area contributed by atoms with Gasteiger partial charge in [0.25, 0.3) is 0 Å². The number of pyridine rings is 1. The molecule has 0 spiro atoms. The maximum atomic E-state index is 4.49. The third kappa shape index (κ3) is 4.67. The van der Waals surface area contributed by atoms with E-state index in [9.17, 15) is 0 Å². The Balaban J connectivity index is 1.41. The van der Waals surface area contributed by atoms with Gasteiger partial charge in [0.1, 0.15) is 5.82 Å². The average molecular weight is 316 g/mol. The quantitative estimate of drug-likeness (QED) is 0.833. The smallest absolute Gasteiger partial charge is 0.128 e. The number of rotatable bonds is 5. The van der Waals surface area contributed by atoms with E-state index in [1.54, 1.807) is 0 Å². The molecule has 0 aromatic carbocycles. The first-order valence-electron chi connectivity index (χ1n) is 9.35. The molecule has 0 aliphatic carbocycles. The molecule has 4 heteroatoms. The molecule has 0 unspecified atom stereocenters. The summed E-state index contributed by atoms with van der Waals surface area (Å²) in [6, 6.07) is 7.01. The van der Waals surface area contributed by atoms with E-state index in [4.69, 9.17) is 0 Å². The summed E-state index contributed by atoms with van der Waals surface area (Å²) >= 11 is 0. The molecule has 3 rings (SSSR count). The Morgan fingerprint density at radius 2 is 1.78 bits per heavy atom. The van der Waals surface area contributed by atoms with Crippen LogP contribution >= 0.6 is 0 Å². The van der Waals surface area contributed by atoms with Crippen LogP contribution in [0.2, 0.25) is 0 Å². The normalized spacial score (nSPS) is 22.0.